The van der Waals surface area contributed by atoms with E-state index in [0.717, 1.165) is 29.8 Å². The van der Waals surface area contributed by atoms with Crippen molar-refractivity contribution in [2.24, 2.45) is 15.4 Å². The summed E-state index contributed by atoms with van der Waals surface area (Å²) in [6, 6.07) is 13.9. The maximum atomic E-state index is 9.36. The number of nitriles is 2. The summed E-state index contributed by atoms with van der Waals surface area (Å²) in [7, 11) is 0. The van der Waals surface area contributed by atoms with Crippen LogP contribution in [0.25, 0.3) is 6.08 Å². The first-order chi connectivity index (χ1) is 11.6. The van der Waals surface area contributed by atoms with Crippen LogP contribution in [0.1, 0.15) is 39.2 Å². The lowest BCUT2D eigenvalue weighted by atomic mass is 9.73. The van der Waals surface area contributed by atoms with Crippen LogP contribution in [0.3, 0.4) is 0 Å². The Morgan fingerprint density at radius 3 is 2.08 bits per heavy atom. The van der Waals surface area contributed by atoms with E-state index in [-0.39, 0.29) is 16.8 Å². The van der Waals surface area contributed by atoms with Crippen LogP contribution in [-0.2, 0) is 0 Å². The Bertz CT molecular complexity index is 807. The first-order valence-corrected chi connectivity index (χ1v) is 8.03. The van der Waals surface area contributed by atoms with Crippen molar-refractivity contribution in [1.82, 2.24) is 0 Å². The second kappa shape index (κ2) is 7.53. The zero-order valence-electron chi connectivity index (χ0n) is 14.2. The lowest BCUT2D eigenvalue weighted by molar-refractivity contribution is 0.532. The lowest BCUT2D eigenvalue weighted by Gasteiger charge is -2.31. The molecule has 1 heterocycles. The molecule has 4 nitrogen and oxygen atoms in total. The Morgan fingerprint density at radius 2 is 1.54 bits per heavy atom. The molecule has 0 aliphatic carbocycles. The average Bonchev–Trinajstić information content (AvgIpc) is 2.74. The number of rotatable bonds is 4. The topological polar surface area (TPSA) is 72.3 Å². The molecular formula is C20H20N4. The van der Waals surface area contributed by atoms with Gasteiger partial charge in [0.05, 0.1) is 11.1 Å². The van der Waals surface area contributed by atoms with Gasteiger partial charge >= 0.3 is 0 Å². The molecule has 0 radical (unpaired) electrons. The maximum absolute atomic E-state index is 9.36. The summed E-state index contributed by atoms with van der Waals surface area (Å²) < 4.78 is 0. The fourth-order valence-electron chi connectivity index (χ4n) is 3.01. The Labute approximate surface area is 143 Å². The summed E-state index contributed by atoms with van der Waals surface area (Å²) in [5, 5.41) is 18.7. The molecule has 0 saturated heterocycles. The van der Waals surface area contributed by atoms with E-state index in [1.807, 2.05) is 61.5 Å². The summed E-state index contributed by atoms with van der Waals surface area (Å²) in [6.07, 6.45) is 5.53. The number of allylic oxidation sites excluding steroid dienone is 3. The molecule has 0 saturated carbocycles. The van der Waals surface area contributed by atoms with Crippen molar-refractivity contribution in [1.29, 1.82) is 10.5 Å². The zero-order chi connectivity index (χ0) is 17.6. The van der Waals surface area contributed by atoms with Gasteiger partial charge in [-0.1, -0.05) is 50.3 Å². The van der Waals surface area contributed by atoms with Crippen LogP contribution in [0.2, 0.25) is 0 Å². The van der Waals surface area contributed by atoms with Gasteiger partial charge in [-0.25, -0.2) is 9.98 Å². The lowest BCUT2D eigenvalue weighted by Crippen LogP contribution is -2.35. The van der Waals surface area contributed by atoms with Gasteiger partial charge in [-0.2, -0.15) is 10.5 Å². The molecule has 0 amide bonds. The van der Waals surface area contributed by atoms with Gasteiger partial charge in [0.15, 0.2) is 11.4 Å². The second-order valence-electron chi connectivity index (χ2n) is 5.65. The third-order valence-corrected chi connectivity index (χ3v) is 4.57. The van der Waals surface area contributed by atoms with Crippen LogP contribution in [0.5, 0.6) is 0 Å². The fourth-order valence-corrected chi connectivity index (χ4v) is 3.01. The minimum Gasteiger partial charge on any atom is -0.243 e. The molecule has 0 unspecified atom stereocenters. The van der Waals surface area contributed by atoms with E-state index in [9.17, 15) is 10.5 Å². The predicted octanol–water partition coefficient (Wildman–Crippen LogP) is 4.68. The van der Waals surface area contributed by atoms with E-state index >= 15 is 0 Å². The van der Waals surface area contributed by atoms with Gasteiger partial charge in [-0.05, 0) is 31.4 Å². The third kappa shape index (κ3) is 3.19. The molecule has 4 heteroatoms. The highest BCUT2D eigenvalue weighted by atomic mass is 14.9. The van der Waals surface area contributed by atoms with Crippen molar-refractivity contribution >= 4 is 17.5 Å². The van der Waals surface area contributed by atoms with Crippen molar-refractivity contribution in [3.63, 3.8) is 0 Å². The molecule has 0 N–H and O–H groups in total. The molecule has 1 aromatic carbocycles. The van der Waals surface area contributed by atoms with E-state index in [1.54, 1.807) is 0 Å². The third-order valence-electron chi connectivity index (χ3n) is 4.57. The molecule has 0 atom stereocenters. The molecule has 120 valence electrons. The maximum Gasteiger partial charge on any atom is 0.177 e. The quantitative estimate of drug-likeness (QED) is 0.809. The molecular weight excluding hydrogens is 296 g/mol. The van der Waals surface area contributed by atoms with Gasteiger partial charge < -0.3 is 0 Å². The molecule has 0 aromatic heterocycles. The molecule has 0 spiro atoms. The monoisotopic (exact) mass is 316 g/mol. The van der Waals surface area contributed by atoms with E-state index < -0.39 is 0 Å². The smallest absolute Gasteiger partial charge is 0.177 e. The normalized spacial score (nSPS) is 16.9. The zero-order valence-corrected chi connectivity index (χ0v) is 14.2. The fraction of sp³-hybridized carbons (Fsp3) is 0.300. The van der Waals surface area contributed by atoms with Crippen LogP contribution < -0.4 is 0 Å². The highest BCUT2D eigenvalue weighted by Gasteiger charge is 2.36. The van der Waals surface area contributed by atoms with Crippen LogP contribution in [0, 0.1) is 28.1 Å². The second-order valence-corrected chi connectivity index (χ2v) is 5.65. The van der Waals surface area contributed by atoms with Gasteiger partial charge in [0.2, 0.25) is 0 Å². The summed E-state index contributed by atoms with van der Waals surface area (Å²) in [5.74, 6) is 0. The first kappa shape index (κ1) is 17.4. The number of benzene rings is 1. The number of nitrogens with zero attached hydrogens (tertiary/aromatic N) is 4. The van der Waals surface area contributed by atoms with Crippen molar-refractivity contribution in [3.8, 4) is 12.1 Å². The largest absolute Gasteiger partial charge is 0.243 e. The van der Waals surface area contributed by atoms with Crippen molar-refractivity contribution in [3.05, 3.63) is 53.4 Å². The molecule has 1 aliphatic rings. The van der Waals surface area contributed by atoms with Gasteiger partial charge in [0, 0.05) is 5.71 Å². The predicted molar refractivity (Wildman–Crippen MR) is 97.3 cm³/mol. The van der Waals surface area contributed by atoms with Gasteiger partial charge in [-0.3, -0.25) is 0 Å². The molecule has 0 fully saturated rings. The van der Waals surface area contributed by atoms with Crippen molar-refractivity contribution in [2.45, 2.75) is 33.6 Å². The van der Waals surface area contributed by atoms with Crippen LogP contribution in [0.15, 0.2) is 57.8 Å². The minimum atomic E-state index is -0.369. The Kier molecular flexibility index (Phi) is 5.45. The minimum absolute atomic E-state index is 0.0772. The molecule has 24 heavy (non-hydrogen) atoms. The average molecular weight is 316 g/mol. The molecule has 1 aliphatic heterocycles. The van der Waals surface area contributed by atoms with Gasteiger partial charge in [0.1, 0.15) is 12.1 Å². The standard InChI is InChI=1S/C20H20N4/c1-4-20(5-2)15(3)23-17(13-21)18(14-22)24-19(20)12-11-16-9-7-6-8-10-16/h6-12H,4-5H2,1-3H3/b12-11+. The van der Waals surface area contributed by atoms with Crippen LogP contribution in [-0.4, -0.2) is 11.4 Å². The molecule has 1 aromatic rings. The highest BCUT2D eigenvalue weighted by Crippen LogP contribution is 2.35. The molecule has 0 bridgehead atoms. The summed E-state index contributed by atoms with van der Waals surface area (Å²) in [5.41, 5.74) is 2.46. The van der Waals surface area contributed by atoms with E-state index in [4.69, 9.17) is 0 Å². The van der Waals surface area contributed by atoms with Gasteiger partial charge in [-0.15, -0.1) is 0 Å². The number of hydrogen-bond donors (Lipinski definition) is 0. The van der Waals surface area contributed by atoms with Crippen LogP contribution >= 0.6 is 0 Å². The SMILES string of the molecule is CCC1(CC)C(C)=NC(C#N)=C(C#N)N=C1/C=C/c1ccccc1. The Morgan fingerprint density at radius 1 is 0.958 bits per heavy atom. The summed E-state index contributed by atoms with van der Waals surface area (Å²) in [6.45, 7) is 6.08. The van der Waals surface area contributed by atoms with Crippen molar-refractivity contribution < 1.29 is 0 Å². The highest BCUT2D eigenvalue weighted by molar-refractivity contribution is 6.18. The van der Waals surface area contributed by atoms with E-state index in [0.29, 0.717) is 0 Å². The van der Waals surface area contributed by atoms with Crippen LogP contribution in [0.4, 0.5) is 0 Å². The first-order valence-electron chi connectivity index (χ1n) is 8.03. The number of hydrogen-bond acceptors (Lipinski definition) is 4. The Hall–Kier alpha value is -2.98. The Balaban J connectivity index is 2.63. The van der Waals surface area contributed by atoms with E-state index in [1.165, 1.54) is 0 Å². The summed E-state index contributed by atoms with van der Waals surface area (Å²) >= 11 is 0. The molecule has 2 rings (SSSR count). The summed E-state index contributed by atoms with van der Waals surface area (Å²) in [4.78, 5) is 8.93. The van der Waals surface area contributed by atoms with Gasteiger partial charge in [0.25, 0.3) is 0 Å². The van der Waals surface area contributed by atoms with E-state index in [2.05, 4.69) is 23.8 Å². The van der Waals surface area contributed by atoms with Crippen molar-refractivity contribution in [2.75, 3.05) is 0 Å². The number of aliphatic imine (C=N–C) groups is 2.